The van der Waals surface area contributed by atoms with E-state index in [1.807, 2.05) is 0 Å². The van der Waals surface area contributed by atoms with Gasteiger partial charge in [-0.2, -0.15) is 4.73 Å². The molecule has 0 bridgehead atoms. The molecule has 1 aromatic carbocycles. The molecule has 0 atom stereocenters. The number of pyridine rings is 1. The lowest BCUT2D eigenvalue weighted by Crippen LogP contribution is -2.27. The lowest BCUT2D eigenvalue weighted by molar-refractivity contribution is -0.576. The van der Waals surface area contributed by atoms with Crippen molar-refractivity contribution in [2.75, 3.05) is 22.9 Å². The van der Waals surface area contributed by atoms with Crippen LogP contribution >= 0.6 is 0 Å². The summed E-state index contributed by atoms with van der Waals surface area (Å²) in [5, 5.41) is 12.0. The van der Waals surface area contributed by atoms with Crippen LogP contribution in [0.3, 0.4) is 0 Å². The maximum Gasteiger partial charge on any atom is 0.251 e. The third-order valence-corrected chi connectivity index (χ3v) is 2.38. The fourth-order valence-corrected chi connectivity index (χ4v) is 1.53. The Labute approximate surface area is 85.7 Å². The van der Waals surface area contributed by atoms with Gasteiger partial charge in [0.25, 0.3) is 5.52 Å². The smallest absolute Gasteiger partial charge is 0.251 e. The molecule has 0 aliphatic rings. The Morgan fingerprint density at radius 3 is 2.20 bits per heavy atom. The number of anilines is 4. The second kappa shape index (κ2) is 2.81. The first kappa shape index (κ1) is 9.20. The van der Waals surface area contributed by atoms with E-state index in [2.05, 4.69) is 0 Å². The number of fused-ring (bicyclic) bond motifs is 1. The van der Waals surface area contributed by atoms with E-state index in [1.54, 1.807) is 12.1 Å². The van der Waals surface area contributed by atoms with Crippen molar-refractivity contribution < 1.29 is 4.73 Å². The SMILES string of the molecule is Nc1c(N)c(N)c2c(ccc[n+]2[O-])c1N. The molecule has 1 heterocycles. The first-order chi connectivity index (χ1) is 7.04. The van der Waals surface area contributed by atoms with Crippen LogP contribution in [-0.2, 0) is 0 Å². The molecular weight excluding hydrogens is 194 g/mol. The van der Waals surface area contributed by atoms with Crippen molar-refractivity contribution >= 4 is 33.7 Å². The number of hydrogen-bond acceptors (Lipinski definition) is 5. The summed E-state index contributed by atoms with van der Waals surface area (Å²) < 4.78 is 0.622. The summed E-state index contributed by atoms with van der Waals surface area (Å²) in [6, 6.07) is 3.24. The lowest BCUT2D eigenvalue weighted by atomic mass is 10.1. The highest BCUT2D eigenvalue weighted by Crippen LogP contribution is 2.36. The number of nitrogens with two attached hydrogens (primary N) is 4. The van der Waals surface area contributed by atoms with E-state index < -0.39 is 0 Å². The number of benzene rings is 1. The molecular formula is C9H11N5O. The molecule has 0 amide bonds. The number of rotatable bonds is 0. The van der Waals surface area contributed by atoms with Crippen molar-refractivity contribution in [3.63, 3.8) is 0 Å². The Kier molecular flexibility index (Phi) is 1.72. The van der Waals surface area contributed by atoms with E-state index >= 15 is 0 Å². The van der Waals surface area contributed by atoms with Gasteiger partial charge in [0.1, 0.15) is 5.69 Å². The van der Waals surface area contributed by atoms with E-state index in [-0.39, 0.29) is 28.3 Å². The lowest BCUT2D eigenvalue weighted by Gasteiger charge is -2.11. The highest BCUT2D eigenvalue weighted by Gasteiger charge is 2.17. The summed E-state index contributed by atoms with van der Waals surface area (Å²) in [5.41, 5.74) is 23.8. The monoisotopic (exact) mass is 205 g/mol. The Morgan fingerprint density at radius 1 is 0.933 bits per heavy atom. The maximum absolute atomic E-state index is 11.5. The van der Waals surface area contributed by atoms with Gasteiger partial charge < -0.3 is 28.1 Å². The molecule has 6 heteroatoms. The minimum Gasteiger partial charge on any atom is -0.618 e. The highest BCUT2D eigenvalue weighted by molar-refractivity contribution is 6.08. The van der Waals surface area contributed by atoms with Gasteiger partial charge in [0.15, 0.2) is 6.20 Å². The van der Waals surface area contributed by atoms with Crippen LogP contribution in [-0.4, -0.2) is 0 Å². The first-order valence-corrected chi connectivity index (χ1v) is 4.27. The summed E-state index contributed by atoms with van der Waals surface area (Å²) >= 11 is 0. The number of nitrogen functional groups attached to an aromatic ring is 4. The fraction of sp³-hybridized carbons (Fsp3) is 0. The van der Waals surface area contributed by atoms with Gasteiger partial charge in [0, 0.05) is 6.07 Å². The molecule has 6 nitrogen and oxygen atoms in total. The fourth-order valence-electron chi connectivity index (χ4n) is 1.53. The molecule has 0 saturated carbocycles. The van der Waals surface area contributed by atoms with Gasteiger partial charge in [-0.15, -0.1) is 0 Å². The topological polar surface area (TPSA) is 131 Å². The van der Waals surface area contributed by atoms with Gasteiger partial charge in [-0.05, 0) is 6.07 Å². The largest absolute Gasteiger partial charge is 0.618 e. The molecule has 0 unspecified atom stereocenters. The average molecular weight is 205 g/mol. The van der Waals surface area contributed by atoms with E-state index in [9.17, 15) is 5.21 Å². The molecule has 15 heavy (non-hydrogen) atoms. The summed E-state index contributed by atoms with van der Waals surface area (Å²) in [7, 11) is 0. The Bertz CT molecular complexity index is 552. The van der Waals surface area contributed by atoms with Crippen LogP contribution in [0.1, 0.15) is 0 Å². The van der Waals surface area contributed by atoms with Gasteiger partial charge in [-0.25, -0.2) is 0 Å². The van der Waals surface area contributed by atoms with Crippen molar-refractivity contribution in [2.45, 2.75) is 0 Å². The molecule has 8 N–H and O–H groups in total. The van der Waals surface area contributed by atoms with Crippen LogP contribution in [0.5, 0.6) is 0 Å². The molecule has 0 aliphatic heterocycles. The zero-order chi connectivity index (χ0) is 11.2. The first-order valence-electron chi connectivity index (χ1n) is 4.27. The Balaban J connectivity index is 3.08. The number of nitrogens with zero attached hydrogens (tertiary/aromatic N) is 1. The third-order valence-electron chi connectivity index (χ3n) is 2.38. The molecule has 0 radical (unpaired) electrons. The second-order valence-corrected chi connectivity index (χ2v) is 3.25. The summed E-state index contributed by atoms with van der Waals surface area (Å²) in [4.78, 5) is 0. The molecule has 78 valence electrons. The Morgan fingerprint density at radius 2 is 1.53 bits per heavy atom. The quantitative estimate of drug-likeness (QED) is 0.269. The minimum atomic E-state index is 0.149. The maximum atomic E-state index is 11.5. The highest BCUT2D eigenvalue weighted by atomic mass is 16.5. The molecule has 0 saturated heterocycles. The molecule has 0 fully saturated rings. The van der Waals surface area contributed by atoms with Crippen molar-refractivity contribution in [3.8, 4) is 0 Å². The van der Waals surface area contributed by atoms with Gasteiger partial charge >= 0.3 is 0 Å². The van der Waals surface area contributed by atoms with E-state index in [0.29, 0.717) is 10.1 Å². The van der Waals surface area contributed by atoms with Gasteiger partial charge in [0.2, 0.25) is 0 Å². The van der Waals surface area contributed by atoms with Crippen LogP contribution in [0.25, 0.3) is 10.9 Å². The zero-order valence-electron chi connectivity index (χ0n) is 7.90. The van der Waals surface area contributed by atoms with Gasteiger partial charge in [0.05, 0.1) is 22.4 Å². The van der Waals surface area contributed by atoms with Crippen LogP contribution in [0.2, 0.25) is 0 Å². The van der Waals surface area contributed by atoms with Gasteiger partial charge in [-0.1, -0.05) is 0 Å². The standard InChI is InChI=1S/C9H11N5O/c10-5-4-2-1-3-14(15)9(4)8(13)7(12)6(5)11/h1-3H,10-13H2. The predicted octanol–water partition coefficient (Wildman–Crippen LogP) is -0.198. The average Bonchev–Trinajstić information content (AvgIpc) is 2.23. The van der Waals surface area contributed by atoms with Gasteiger partial charge in [-0.3, -0.25) is 0 Å². The van der Waals surface area contributed by atoms with E-state index in [4.69, 9.17) is 22.9 Å². The van der Waals surface area contributed by atoms with Crippen LogP contribution in [0.4, 0.5) is 22.7 Å². The summed E-state index contributed by atoms with van der Waals surface area (Å²) in [6.45, 7) is 0. The molecule has 0 spiro atoms. The number of aromatic nitrogens is 1. The van der Waals surface area contributed by atoms with E-state index in [1.165, 1.54) is 6.20 Å². The molecule has 2 rings (SSSR count). The van der Waals surface area contributed by atoms with Crippen molar-refractivity contribution in [3.05, 3.63) is 23.5 Å². The van der Waals surface area contributed by atoms with E-state index in [0.717, 1.165) is 0 Å². The molecule has 1 aromatic heterocycles. The molecule has 0 aliphatic carbocycles. The third kappa shape index (κ3) is 1.08. The van der Waals surface area contributed by atoms with Crippen LogP contribution in [0, 0.1) is 5.21 Å². The van der Waals surface area contributed by atoms with Crippen molar-refractivity contribution in [1.29, 1.82) is 0 Å². The summed E-state index contributed by atoms with van der Waals surface area (Å²) in [6.07, 6.45) is 1.33. The van der Waals surface area contributed by atoms with Crippen LogP contribution < -0.4 is 27.7 Å². The zero-order valence-corrected chi connectivity index (χ0v) is 7.90. The predicted molar refractivity (Wildman–Crippen MR) is 60.6 cm³/mol. The van der Waals surface area contributed by atoms with Crippen molar-refractivity contribution in [1.82, 2.24) is 0 Å². The second-order valence-electron chi connectivity index (χ2n) is 3.25. The van der Waals surface area contributed by atoms with Crippen molar-refractivity contribution in [2.24, 2.45) is 0 Å². The minimum absolute atomic E-state index is 0.149. The normalized spacial score (nSPS) is 10.7. The molecule has 2 aromatic rings. The summed E-state index contributed by atoms with van der Waals surface area (Å²) in [5.74, 6) is 0. The van der Waals surface area contributed by atoms with Crippen LogP contribution in [0.15, 0.2) is 18.3 Å². The Hall–Kier alpha value is -2.37. The number of hydrogen-bond donors (Lipinski definition) is 4.